The number of nitrogens with one attached hydrogen (secondary N) is 2. The zero-order valence-electron chi connectivity index (χ0n) is 13.8. The van der Waals surface area contributed by atoms with Crippen molar-refractivity contribution in [2.24, 2.45) is 5.10 Å². The van der Waals surface area contributed by atoms with Crippen LogP contribution in [0.1, 0.15) is 41.4 Å². The Balaban J connectivity index is 1.61. The summed E-state index contributed by atoms with van der Waals surface area (Å²) in [6.07, 6.45) is 1.61. The molecule has 0 atom stereocenters. The van der Waals surface area contributed by atoms with E-state index in [0.29, 0.717) is 10.3 Å². The molecule has 1 aromatic carbocycles. The van der Waals surface area contributed by atoms with Crippen LogP contribution in [-0.4, -0.2) is 22.3 Å². The average Bonchev–Trinajstić information content (AvgIpc) is 3.24. The fraction of sp³-hybridized carbons (Fsp3) is 0.167. The van der Waals surface area contributed by atoms with Gasteiger partial charge in [0.1, 0.15) is 0 Å². The number of halogens is 1. The molecule has 0 fully saturated rings. The summed E-state index contributed by atoms with van der Waals surface area (Å²) in [5, 5.41) is 10.8. The first-order valence-electron chi connectivity index (χ1n) is 7.77. The van der Waals surface area contributed by atoms with Crippen molar-refractivity contribution in [1.29, 1.82) is 0 Å². The summed E-state index contributed by atoms with van der Waals surface area (Å²) in [5.74, 6) is 0.109. The second kappa shape index (κ2) is 7.63. The molecular weight excluding hydrogens is 356 g/mol. The Labute approximate surface area is 154 Å². The van der Waals surface area contributed by atoms with Crippen LogP contribution in [0.2, 0.25) is 4.34 Å². The van der Waals surface area contributed by atoms with Gasteiger partial charge in [-0.2, -0.15) is 10.2 Å². The van der Waals surface area contributed by atoms with Gasteiger partial charge in [0.25, 0.3) is 5.91 Å². The molecule has 3 aromatic rings. The minimum absolute atomic E-state index is 0.270. The van der Waals surface area contributed by atoms with Crippen LogP contribution < -0.4 is 5.43 Å². The lowest BCUT2D eigenvalue weighted by Gasteiger charge is -2.04. The minimum atomic E-state index is -0.375. The smallest absolute Gasteiger partial charge is 0.276 e. The fourth-order valence-electron chi connectivity index (χ4n) is 2.21. The number of carbonyl (C=O) groups excluding carboxylic acids is 1. The van der Waals surface area contributed by atoms with Crippen molar-refractivity contribution < 1.29 is 4.79 Å². The number of carbonyl (C=O) groups is 1. The number of thiophene rings is 1. The van der Waals surface area contributed by atoms with Crippen LogP contribution in [-0.2, 0) is 0 Å². The first-order chi connectivity index (χ1) is 12.0. The normalized spacial score (nSPS) is 11.4. The summed E-state index contributed by atoms with van der Waals surface area (Å²) < 4.78 is 0.684. The Bertz CT molecular complexity index is 896. The van der Waals surface area contributed by atoms with E-state index in [1.807, 2.05) is 18.2 Å². The van der Waals surface area contributed by atoms with Gasteiger partial charge in [0, 0.05) is 0 Å². The highest BCUT2D eigenvalue weighted by Crippen LogP contribution is 2.29. The second-order valence-corrected chi connectivity index (χ2v) is 7.51. The highest BCUT2D eigenvalue weighted by atomic mass is 35.5. The highest BCUT2D eigenvalue weighted by Gasteiger charge is 2.11. The molecule has 0 unspecified atom stereocenters. The number of nitrogens with zero attached hydrogens (tertiary/aromatic N) is 2. The van der Waals surface area contributed by atoms with Crippen molar-refractivity contribution in [3.63, 3.8) is 0 Å². The zero-order chi connectivity index (χ0) is 17.8. The first kappa shape index (κ1) is 17.4. The van der Waals surface area contributed by atoms with Gasteiger partial charge < -0.3 is 0 Å². The number of aromatic nitrogens is 2. The summed E-state index contributed by atoms with van der Waals surface area (Å²) in [7, 11) is 0. The Morgan fingerprint density at radius 2 is 2.04 bits per heavy atom. The lowest BCUT2D eigenvalue weighted by Crippen LogP contribution is -2.18. The van der Waals surface area contributed by atoms with Crippen LogP contribution >= 0.6 is 22.9 Å². The van der Waals surface area contributed by atoms with E-state index >= 15 is 0 Å². The molecule has 3 rings (SSSR count). The lowest BCUT2D eigenvalue weighted by atomic mass is 10.0. The topological polar surface area (TPSA) is 70.1 Å². The lowest BCUT2D eigenvalue weighted by molar-refractivity contribution is 0.0950. The number of hydrazone groups is 1. The molecule has 0 saturated heterocycles. The van der Waals surface area contributed by atoms with Crippen LogP contribution in [0.5, 0.6) is 0 Å². The third kappa shape index (κ3) is 4.35. The number of hydrogen-bond donors (Lipinski definition) is 2. The predicted octanol–water partition coefficient (Wildman–Crippen LogP) is 4.68. The van der Waals surface area contributed by atoms with Gasteiger partial charge in [-0.05, 0) is 35.2 Å². The molecule has 0 aliphatic rings. The summed E-state index contributed by atoms with van der Waals surface area (Å²) in [6, 6.07) is 13.4. The number of aromatic amines is 1. The maximum absolute atomic E-state index is 12.1. The molecule has 5 nitrogen and oxygen atoms in total. The van der Waals surface area contributed by atoms with Crippen LogP contribution in [0.3, 0.4) is 0 Å². The Hall–Kier alpha value is -2.44. The van der Waals surface area contributed by atoms with Crippen molar-refractivity contribution in [3.05, 3.63) is 63.6 Å². The largest absolute Gasteiger partial charge is 0.291 e. The molecule has 2 aromatic heterocycles. The number of H-pyrrole nitrogens is 1. The molecule has 2 heterocycles. The van der Waals surface area contributed by atoms with Crippen LogP contribution in [0.4, 0.5) is 0 Å². The molecular formula is C18H17ClN4OS. The number of rotatable bonds is 5. The van der Waals surface area contributed by atoms with E-state index < -0.39 is 0 Å². The number of hydrogen-bond acceptors (Lipinski definition) is 4. The van der Waals surface area contributed by atoms with E-state index in [2.05, 4.69) is 46.7 Å². The van der Waals surface area contributed by atoms with E-state index in [0.717, 1.165) is 16.1 Å². The number of amides is 1. The Morgan fingerprint density at radius 3 is 2.68 bits per heavy atom. The molecule has 7 heteroatoms. The molecule has 25 heavy (non-hydrogen) atoms. The standard InChI is InChI=1S/C18H17ClN4OS/c1-11(2)13-5-3-12(4-6-13)10-20-23-18(24)15-9-14(21-22-15)16-7-8-17(19)25-16/h3-11H,1-2H3,(H,21,22)(H,23,24)/b20-10-. The van der Waals surface area contributed by atoms with Gasteiger partial charge in [-0.25, -0.2) is 5.43 Å². The second-order valence-electron chi connectivity index (χ2n) is 5.79. The van der Waals surface area contributed by atoms with E-state index in [4.69, 9.17) is 11.6 Å². The van der Waals surface area contributed by atoms with Crippen LogP contribution in [0.25, 0.3) is 10.6 Å². The molecule has 0 bridgehead atoms. The van der Waals surface area contributed by atoms with Crippen molar-refractivity contribution in [2.75, 3.05) is 0 Å². The summed E-state index contributed by atoms with van der Waals surface area (Å²) in [5.41, 5.74) is 5.68. The van der Waals surface area contributed by atoms with Gasteiger partial charge >= 0.3 is 0 Å². The maximum atomic E-state index is 12.1. The van der Waals surface area contributed by atoms with Crippen molar-refractivity contribution in [3.8, 4) is 10.6 Å². The van der Waals surface area contributed by atoms with E-state index in [-0.39, 0.29) is 11.6 Å². The van der Waals surface area contributed by atoms with E-state index in [9.17, 15) is 4.79 Å². The van der Waals surface area contributed by atoms with E-state index in [1.165, 1.54) is 16.9 Å². The molecule has 0 spiro atoms. The summed E-state index contributed by atoms with van der Waals surface area (Å²) in [4.78, 5) is 13.0. The summed E-state index contributed by atoms with van der Waals surface area (Å²) >= 11 is 7.34. The van der Waals surface area contributed by atoms with Crippen LogP contribution in [0, 0.1) is 0 Å². The average molecular weight is 373 g/mol. The van der Waals surface area contributed by atoms with Crippen molar-refractivity contribution in [1.82, 2.24) is 15.6 Å². The van der Waals surface area contributed by atoms with Gasteiger partial charge in [0.05, 0.1) is 21.1 Å². The monoisotopic (exact) mass is 372 g/mol. The molecule has 1 amide bonds. The SMILES string of the molecule is CC(C)c1ccc(/C=N\NC(=O)c2cc(-c3ccc(Cl)s3)[nH]n2)cc1. The fourth-order valence-corrected chi connectivity index (χ4v) is 3.22. The van der Waals surface area contributed by atoms with Crippen molar-refractivity contribution in [2.45, 2.75) is 19.8 Å². The van der Waals surface area contributed by atoms with Gasteiger partial charge in [-0.1, -0.05) is 49.7 Å². The molecule has 2 N–H and O–H groups in total. The Morgan fingerprint density at radius 1 is 1.28 bits per heavy atom. The third-order valence-corrected chi connectivity index (χ3v) is 4.90. The van der Waals surface area contributed by atoms with Gasteiger partial charge in [0.2, 0.25) is 0 Å². The van der Waals surface area contributed by atoms with Gasteiger partial charge in [-0.3, -0.25) is 9.89 Å². The third-order valence-electron chi connectivity index (χ3n) is 3.63. The predicted molar refractivity (Wildman–Crippen MR) is 103 cm³/mol. The quantitative estimate of drug-likeness (QED) is 0.504. The molecule has 0 radical (unpaired) electrons. The number of benzene rings is 1. The molecule has 0 saturated carbocycles. The maximum Gasteiger partial charge on any atom is 0.291 e. The summed E-state index contributed by atoms with van der Waals surface area (Å²) in [6.45, 7) is 4.29. The van der Waals surface area contributed by atoms with Gasteiger partial charge in [-0.15, -0.1) is 11.3 Å². The first-order valence-corrected chi connectivity index (χ1v) is 8.97. The van der Waals surface area contributed by atoms with Crippen LogP contribution in [0.15, 0.2) is 47.6 Å². The van der Waals surface area contributed by atoms with Crippen molar-refractivity contribution >= 4 is 35.1 Å². The molecule has 0 aliphatic carbocycles. The van der Waals surface area contributed by atoms with E-state index in [1.54, 1.807) is 18.3 Å². The molecule has 0 aliphatic heterocycles. The van der Waals surface area contributed by atoms with Gasteiger partial charge in [0.15, 0.2) is 5.69 Å². The highest BCUT2D eigenvalue weighted by molar-refractivity contribution is 7.19. The molecule has 128 valence electrons. The minimum Gasteiger partial charge on any atom is -0.276 e. The Kier molecular flexibility index (Phi) is 5.31. The zero-order valence-corrected chi connectivity index (χ0v) is 15.4.